The second kappa shape index (κ2) is 7.35. The van der Waals surface area contributed by atoms with Crippen molar-refractivity contribution in [3.63, 3.8) is 0 Å². The number of aryl methyl sites for hydroxylation is 1. The van der Waals surface area contributed by atoms with Crippen molar-refractivity contribution in [2.75, 3.05) is 27.3 Å². The van der Waals surface area contributed by atoms with Gasteiger partial charge in [0.2, 0.25) is 0 Å². The zero-order valence-electron chi connectivity index (χ0n) is 14.7. The van der Waals surface area contributed by atoms with Gasteiger partial charge in [0.15, 0.2) is 17.2 Å². The van der Waals surface area contributed by atoms with Crippen LogP contribution in [0.25, 0.3) is 0 Å². The van der Waals surface area contributed by atoms with Gasteiger partial charge >= 0.3 is 0 Å². The first-order chi connectivity index (χ1) is 12.0. The van der Waals surface area contributed by atoms with E-state index >= 15 is 0 Å². The van der Waals surface area contributed by atoms with Crippen molar-refractivity contribution in [1.82, 2.24) is 14.7 Å². The van der Waals surface area contributed by atoms with Gasteiger partial charge in [-0.3, -0.25) is 9.48 Å². The summed E-state index contributed by atoms with van der Waals surface area (Å²) in [4.78, 5) is 14.4. The molecule has 2 heterocycles. The number of amides is 1. The molecule has 1 fully saturated rings. The fraction of sp³-hybridized carbons (Fsp3) is 0.444. The number of aromatic nitrogens is 2. The van der Waals surface area contributed by atoms with Crippen LogP contribution in [0.4, 0.5) is 0 Å². The van der Waals surface area contributed by atoms with Crippen molar-refractivity contribution < 1.29 is 14.3 Å². The van der Waals surface area contributed by atoms with Crippen molar-refractivity contribution in [3.05, 3.63) is 40.7 Å². The first kappa shape index (κ1) is 17.6. The molecule has 1 atom stereocenters. The molecule has 0 aliphatic carbocycles. The van der Waals surface area contributed by atoms with E-state index in [0.29, 0.717) is 23.2 Å². The van der Waals surface area contributed by atoms with Crippen molar-refractivity contribution in [2.45, 2.75) is 12.8 Å². The highest BCUT2D eigenvalue weighted by Crippen LogP contribution is 2.30. The first-order valence-electron chi connectivity index (χ1n) is 8.21. The quantitative estimate of drug-likeness (QED) is 0.819. The molecule has 1 amide bonds. The third kappa shape index (κ3) is 3.74. The molecular weight excluding hydrogens is 342 g/mol. The van der Waals surface area contributed by atoms with Crippen LogP contribution >= 0.6 is 11.6 Å². The molecule has 3 rings (SSSR count). The Hall–Kier alpha value is -2.21. The number of rotatable bonds is 5. The number of carbonyl (C=O) groups excluding carboxylic acids is 1. The summed E-state index contributed by atoms with van der Waals surface area (Å²) >= 11 is 6.09. The van der Waals surface area contributed by atoms with Crippen LogP contribution in [0, 0.1) is 5.92 Å². The van der Waals surface area contributed by atoms with E-state index in [1.54, 1.807) is 32.1 Å². The van der Waals surface area contributed by atoms with Crippen LogP contribution in [0.15, 0.2) is 24.4 Å². The van der Waals surface area contributed by atoms with Crippen LogP contribution in [0.2, 0.25) is 5.02 Å². The van der Waals surface area contributed by atoms with Gasteiger partial charge in [-0.25, -0.2) is 0 Å². The molecule has 1 saturated heterocycles. The molecule has 1 aromatic carbocycles. The second-order valence-corrected chi connectivity index (χ2v) is 6.71. The van der Waals surface area contributed by atoms with Gasteiger partial charge in [-0.1, -0.05) is 17.7 Å². The van der Waals surface area contributed by atoms with Crippen molar-refractivity contribution in [3.8, 4) is 11.5 Å². The maximum absolute atomic E-state index is 12.6. The monoisotopic (exact) mass is 363 g/mol. The minimum Gasteiger partial charge on any atom is -0.493 e. The summed E-state index contributed by atoms with van der Waals surface area (Å²) in [5.74, 6) is 1.76. The number of benzene rings is 1. The van der Waals surface area contributed by atoms with Crippen LogP contribution in [0.1, 0.15) is 22.5 Å². The molecule has 1 aliphatic rings. The van der Waals surface area contributed by atoms with E-state index < -0.39 is 0 Å². The average molecular weight is 364 g/mol. The van der Waals surface area contributed by atoms with Crippen molar-refractivity contribution >= 4 is 17.5 Å². The SMILES string of the molecule is COc1ccc(CC2CCN(C(=O)c3nn(C)cc3Cl)C2)cc1OC. The number of hydrogen-bond donors (Lipinski definition) is 0. The second-order valence-electron chi connectivity index (χ2n) is 6.30. The van der Waals surface area contributed by atoms with Gasteiger partial charge < -0.3 is 14.4 Å². The van der Waals surface area contributed by atoms with Crippen LogP contribution in [0.3, 0.4) is 0 Å². The lowest BCUT2D eigenvalue weighted by Crippen LogP contribution is -2.29. The highest BCUT2D eigenvalue weighted by Gasteiger charge is 2.29. The smallest absolute Gasteiger partial charge is 0.275 e. The molecule has 7 heteroatoms. The first-order valence-corrected chi connectivity index (χ1v) is 8.59. The van der Waals surface area contributed by atoms with Crippen molar-refractivity contribution in [2.24, 2.45) is 13.0 Å². The Kier molecular flexibility index (Phi) is 5.18. The van der Waals surface area contributed by atoms with Crippen LogP contribution < -0.4 is 9.47 Å². The van der Waals surface area contributed by atoms with Crippen LogP contribution in [-0.2, 0) is 13.5 Å². The molecule has 1 aromatic heterocycles. The number of hydrogen-bond acceptors (Lipinski definition) is 4. The highest BCUT2D eigenvalue weighted by atomic mass is 35.5. The van der Waals surface area contributed by atoms with E-state index in [1.807, 2.05) is 23.1 Å². The summed E-state index contributed by atoms with van der Waals surface area (Å²) < 4.78 is 12.2. The predicted molar refractivity (Wildman–Crippen MR) is 95.5 cm³/mol. The Bertz CT molecular complexity index is 775. The maximum atomic E-state index is 12.6. The molecule has 1 unspecified atom stereocenters. The molecule has 0 N–H and O–H groups in total. The van der Waals surface area contributed by atoms with E-state index in [2.05, 4.69) is 5.10 Å². The van der Waals surface area contributed by atoms with Gasteiger partial charge in [0.1, 0.15) is 0 Å². The molecule has 0 saturated carbocycles. The van der Waals surface area contributed by atoms with E-state index in [0.717, 1.165) is 30.9 Å². The Morgan fingerprint density at radius 3 is 2.72 bits per heavy atom. The standard InChI is InChI=1S/C18H22ClN3O3/c1-21-11-14(19)17(20-21)18(23)22-7-6-13(10-22)8-12-4-5-15(24-2)16(9-12)25-3/h4-5,9,11,13H,6-8,10H2,1-3H3. The van der Waals surface area contributed by atoms with Gasteiger partial charge in [0, 0.05) is 26.3 Å². The zero-order valence-corrected chi connectivity index (χ0v) is 15.4. The van der Waals surface area contributed by atoms with E-state index in [9.17, 15) is 4.79 Å². The zero-order chi connectivity index (χ0) is 18.0. The van der Waals surface area contributed by atoms with E-state index in [1.165, 1.54) is 5.56 Å². The largest absolute Gasteiger partial charge is 0.493 e. The van der Waals surface area contributed by atoms with Gasteiger partial charge in [-0.15, -0.1) is 0 Å². The third-order valence-electron chi connectivity index (χ3n) is 4.53. The van der Waals surface area contributed by atoms with E-state index in [-0.39, 0.29) is 5.91 Å². The van der Waals surface area contributed by atoms with Gasteiger partial charge in [-0.2, -0.15) is 5.10 Å². The Labute approximate surface area is 152 Å². The Balaban J connectivity index is 1.65. The Morgan fingerprint density at radius 1 is 1.32 bits per heavy atom. The van der Waals surface area contributed by atoms with E-state index in [4.69, 9.17) is 21.1 Å². The number of carbonyl (C=O) groups is 1. The molecule has 1 aliphatic heterocycles. The fourth-order valence-electron chi connectivity index (χ4n) is 3.28. The maximum Gasteiger partial charge on any atom is 0.275 e. The number of halogens is 1. The van der Waals surface area contributed by atoms with Gasteiger partial charge in [0.05, 0.1) is 19.2 Å². The molecule has 25 heavy (non-hydrogen) atoms. The normalized spacial score (nSPS) is 17.0. The molecule has 134 valence electrons. The number of ether oxygens (including phenoxy) is 2. The molecule has 6 nitrogen and oxygen atoms in total. The molecule has 0 spiro atoms. The summed E-state index contributed by atoms with van der Waals surface area (Å²) in [5.41, 5.74) is 1.50. The molecule has 0 radical (unpaired) electrons. The summed E-state index contributed by atoms with van der Waals surface area (Å²) in [6, 6.07) is 5.96. The van der Waals surface area contributed by atoms with Crippen LogP contribution in [0.5, 0.6) is 11.5 Å². The lowest BCUT2D eigenvalue weighted by molar-refractivity contribution is 0.0780. The van der Waals surface area contributed by atoms with Gasteiger partial charge in [0.25, 0.3) is 5.91 Å². The molecule has 0 bridgehead atoms. The lowest BCUT2D eigenvalue weighted by Gasteiger charge is -2.16. The predicted octanol–water partition coefficient (Wildman–Crippen LogP) is 2.80. The lowest BCUT2D eigenvalue weighted by atomic mass is 9.98. The summed E-state index contributed by atoms with van der Waals surface area (Å²) in [6.45, 7) is 1.43. The Morgan fingerprint density at radius 2 is 2.08 bits per heavy atom. The number of likely N-dealkylation sites (tertiary alicyclic amines) is 1. The summed E-state index contributed by atoms with van der Waals surface area (Å²) in [7, 11) is 5.02. The highest BCUT2D eigenvalue weighted by molar-refractivity contribution is 6.33. The number of methoxy groups -OCH3 is 2. The minimum atomic E-state index is -0.0968. The minimum absolute atomic E-state index is 0.0968. The van der Waals surface area contributed by atoms with Crippen molar-refractivity contribution in [1.29, 1.82) is 0 Å². The fourth-order valence-corrected chi connectivity index (χ4v) is 3.54. The molecule has 2 aromatic rings. The molecular formula is C18H22ClN3O3. The topological polar surface area (TPSA) is 56.6 Å². The third-order valence-corrected chi connectivity index (χ3v) is 4.81. The summed E-state index contributed by atoms with van der Waals surface area (Å²) in [5, 5.41) is 4.57. The average Bonchev–Trinajstić information content (AvgIpc) is 3.20. The summed E-state index contributed by atoms with van der Waals surface area (Å²) in [6.07, 6.45) is 3.50. The van der Waals surface area contributed by atoms with Gasteiger partial charge in [-0.05, 0) is 36.5 Å². The van der Waals surface area contributed by atoms with Crippen LogP contribution in [-0.4, -0.2) is 47.9 Å². The number of nitrogens with zero attached hydrogens (tertiary/aromatic N) is 3.